The Morgan fingerprint density at radius 1 is 0.941 bits per heavy atom. The zero-order valence-electron chi connectivity index (χ0n) is 20.5. The molecule has 0 amide bonds. The predicted molar refractivity (Wildman–Crippen MR) is 117 cm³/mol. The fourth-order valence-electron chi connectivity index (χ4n) is 10.9. The van der Waals surface area contributed by atoms with Gasteiger partial charge in [-0.1, -0.05) is 0 Å². The van der Waals surface area contributed by atoms with Gasteiger partial charge < -0.3 is 49.4 Å². The van der Waals surface area contributed by atoms with Crippen LogP contribution < -0.4 is 0 Å². The third kappa shape index (κ3) is 2.14. The van der Waals surface area contributed by atoms with Crippen LogP contribution in [0, 0.1) is 34.5 Å². The Bertz CT molecular complexity index is 862. The molecule has 0 unspecified atom stereocenters. The highest BCUT2D eigenvalue weighted by molar-refractivity contribution is 5.39. The van der Waals surface area contributed by atoms with Crippen LogP contribution in [0.2, 0.25) is 0 Å². The van der Waals surface area contributed by atoms with Crippen molar-refractivity contribution in [3.63, 3.8) is 0 Å². The Morgan fingerprint density at radius 3 is 2.24 bits per heavy atom. The van der Waals surface area contributed by atoms with Gasteiger partial charge in [0.25, 0.3) is 0 Å². The number of likely N-dealkylation sites (tertiary alicyclic amines) is 1. The molecular formula is C24H39NO9. The number of nitrogens with zero attached hydrogens (tertiary/aromatic N) is 1. The Kier molecular flexibility index (Phi) is 5.02. The number of piperidine rings is 1. The first kappa shape index (κ1) is 24.0. The van der Waals surface area contributed by atoms with Gasteiger partial charge in [0.1, 0.15) is 23.4 Å². The standard InChI is InChI=1S/C24H39NO9/c1-25-8-21(9-31-2)11(26)6-12(32-3)23-10-7-22(29)18(27)13(10)24(30,19(28)20(22)34-5)14(17(23)25)15(33-4)16(21)23/h10-20,26-30H,6-9H2,1-5H3/t10-,11-,12+,13+,14+,15+,16-,17-,18-,19+,20+,21-,22+,23+,24-/m1/s1. The van der Waals surface area contributed by atoms with Crippen molar-refractivity contribution in [1.82, 2.24) is 4.90 Å². The molecule has 1 heterocycles. The van der Waals surface area contributed by atoms with Crippen molar-refractivity contribution in [2.75, 3.05) is 48.6 Å². The molecule has 6 aliphatic rings. The lowest BCUT2D eigenvalue weighted by Gasteiger charge is -2.69. The van der Waals surface area contributed by atoms with Crippen LogP contribution in [0.15, 0.2) is 0 Å². The quantitative estimate of drug-likeness (QED) is 0.292. The fraction of sp³-hybridized carbons (Fsp3) is 1.00. The van der Waals surface area contributed by atoms with Crippen LogP contribution >= 0.6 is 0 Å². The molecular weight excluding hydrogens is 446 g/mol. The molecule has 10 heteroatoms. The van der Waals surface area contributed by atoms with Gasteiger partial charge in [-0.2, -0.15) is 0 Å². The smallest absolute Gasteiger partial charge is 0.120 e. The van der Waals surface area contributed by atoms with Crippen molar-refractivity contribution < 1.29 is 44.5 Å². The van der Waals surface area contributed by atoms with Crippen LogP contribution in [0.3, 0.4) is 0 Å². The second-order valence-electron chi connectivity index (χ2n) is 12.0. The lowest BCUT2D eigenvalue weighted by molar-refractivity contribution is -0.319. The van der Waals surface area contributed by atoms with Crippen molar-refractivity contribution in [1.29, 1.82) is 0 Å². The molecule has 0 aromatic heterocycles. The summed E-state index contributed by atoms with van der Waals surface area (Å²) in [6, 6.07) is -0.254. The van der Waals surface area contributed by atoms with E-state index in [9.17, 15) is 25.5 Å². The highest BCUT2D eigenvalue weighted by atomic mass is 16.5. The highest BCUT2D eigenvalue weighted by Crippen LogP contribution is 2.79. The summed E-state index contributed by atoms with van der Waals surface area (Å²) in [5.41, 5.74) is -4.81. The van der Waals surface area contributed by atoms with E-state index in [-0.39, 0.29) is 18.4 Å². The van der Waals surface area contributed by atoms with Crippen LogP contribution in [0.25, 0.3) is 0 Å². The molecule has 7 bridgehead atoms. The summed E-state index contributed by atoms with van der Waals surface area (Å²) in [7, 11) is 8.24. The number of aliphatic hydroxyl groups excluding tert-OH is 3. The number of aliphatic hydroxyl groups is 5. The number of hydrogen-bond acceptors (Lipinski definition) is 10. The van der Waals surface area contributed by atoms with E-state index in [1.807, 2.05) is 7.05 Å². The first-order valence-electron chi connectivity index (χ1n) is 12.3. The maximum absolute atomic E-state index is 12.5. The third-order valence-corrected chi connectivity index (χ3v) is 11.4. The molecule has 5 aliphatic carbocycles. The Morgan fingerprint density at radius 2 is 1.65 bits per heavy atom. The van der Waals surface area contributed by atoms with Crippen molar-refractivity contribution in [3.8, 4) is 0 Å². The molecule has 6 fully saturated rings. The van der Waals surface area contributed by atoms with E-state index >= 15 is 0 Å². The molecule has 0 aromatic rings. The molecule has 0 aromatic carbocycles. The summed E-state index contributed by atoms with van der Waals surface area (Å²) >= 11 is 0. The van der Waals surface area contributed by atoms with Crippen LogP contribution in [0.5, 0.6) is 0 Å². The fourth-order valence-corrected chi connectivity index (χ4v) is 10.9. The predicted octanol–water partition coefficient (Wildman–Crippen LogP) is -2.18. The zero-order valence-corrected chi connectivity index (χ0v) is 20.5. The lowest BCUT2D eigenvalue weighted by Crippen LogP contribution is -2.80. The van der Waals surface area contributed by atoms with E-state index in [1.165, 1.54) is 7.11 Å². The van der Waals surface area contributed by atoms with Gasteiger partial charge in [-0.05, 0) is 19.4 Å². The maximum atomic E-state index is 12.5. The van der Waals surface area contributed by atoms with Gasteiger partial charge in [0, 0.05) is 76.0 Å². The van der Waals surface area contributed by atoms with Gasteiger partial charge in [-0.3, -0.25) is 0 Å². The number of ether oxygens (including phenoxy) is 4. The lowest BCUT2D eigenvalue weighted by atomic mass is 9.42. The summed E-state index contributed by atoms with van der Waals surface area (Å²) in [6.07, 6.45) is -4.96. The Hall–Kier alpha value is -0.400. The van der Waals surface area contributed by atoms with Crippen LogP contribution in [0.4, 0.5) is 0 Å². The number of hydrogen-bond donors (Lipinski definition) is 5. The summed E-state index contributed by atoms with van der Waals surface area (Å²) in [4.78, 5) is 2.17. The molecule has 194 valence electrons. The van der Waals surface area contributed by atoms with E-state index in [0.717, 1.165) is 0 Å². The first-order valence-corrected chi connectivity index (χ1v) is 12.3. The summed E-state index contributed by atoms with van der Waals surface area (Å²) in [6.45, 7) is 0.836. The van der Waals surface area contributed by atoms with Gasteiger partial charge in [-0.15, -0.1) is 0 Å². The van der Waals surface area contributed by atoms with Gasteiger partial charge in [0.05, 0.1) is 31.0 Å². The molecule has 5 saturated carbocycles. The summed E-state index contributed by atoms with van der Waals surface area (Å²) in [5.74, 6) is -2.05. The van der Waals surface area contributed by atoms with E-state index in [4.69, 9.17) is 18.9 Å². The molecule has 6 rings (SSSR count). The second kappa shape index (κ2) is 7.12. The zero-order chi connectivity index (χ0) is 24.6. The van der Waals surface area contributed by atoms with Crippen molar-refractivity contribution in [3.05, 3.63) is 0 Å². The molecule has 34 heavy (non-hydrogen) atoms. The molecule has 15 atom stereocenters. The first-order chi connectivity index (χ1) is 16.1. The minimum atomic E-state index is -1.76. The van der Waals surface area contributed by atoms with Gasteiger partial charge >= 0.3 is 0 Å². The number of fused-ring (bicyclic) bond motifs is 2. The normalized spacial score (nSPS) is 63.9. The summed E-state index contributed by atoms with van der Waals surface area (Å²) < 4.78 is 23.6. The molecule has 0 radical (unpaired) electrons. The SMILES string of the molecule is COC[C@@]12CN(C)[C@@H]3[C@@H]4[C@H](OC)[C@H]1[C@@]3([C@@H](OC)C[C@H]2O)[C@@H]1C[C@]2(O)[C@H](O)[C@H]1[C@]4(O)[C@@H](O)[C@@H]2OC. The third-order valence-electron chi connectivity index (χ3n) is 11.4. The van der Waals surface area contributed by atoms with Gasteiger partial charge in [-0.25, -0.2) is 0 Å². The molecule has 5 N–H and O–H groups in total. The molecule has 1 saturated heterocycles. The van der Waals surface area contributed by atoms with Gasteiger partial charge in [0.15, 0.2) is 0 Å². The highest BCUT2D eigenvalue weighted by Gasteiger charge is 2.90. The molecule has 1 aliphatic heterocycles. The monoisotopic (exact) mass is 485 g/mol. The van der Waals surface area contributed by atoms with E-state index in [2.05, 4.69) is 4.90 Å². The average Bonchev–Trinajstić information content (AvgIpc) is 3.17. The summed E-state index contributed by atoms with van der Waals surface area (Å²) in [5, 5.41) is 58.9. The number of rotatable bonds is 5. The Balaban J connectivity index is 1.67. The number of methoxy groups -OCH3 is 4. The topological polar surface area (TPSA) is 141 Å². The van der Waals surface area contributed by atoms with Crippen molar-refractivity contribution in [2.45, 2.75) is 66.7 Å². The second-order valence-corrected chi connectivity index (χ2v) is 12.0. The van der Waals surface area contributed by atoms with Crippen LogP contribution in [-0.4, -0.2) is 133 Å². The maximum Gasteiger partial charge on any atom is 0.120 e. The minimum absolute atomic E-state index is 0.153. The van der Waals surface area contributed by atoms with Crippen LogP contribution in [0.1, 0.15) is 12.8 Å². The van der Waals surface area contributed by atoms with E-state index in [1.54, 1.807) is 21.3 Å². The van der Waals surface area contributed by atoms with Crippen molar-refractivity contribution in [2.24, 2.45) is 34.5 Å². The largest absolute Gasteiger partial charge is 0.392 e. The van der Waals surface area contributed by atoms with Gasteiger partial charge in [0.2, 0.25) is 0 Å². The van der Waals surface area contributed by atoms with Crippen molar-refractivity contribution >= 4 is 0 Å². The Labute approximate surface area is 199 Å². The molecule has 10 nitrogen and oxygen atoms in total. The van der Waals surface area contributed by atoms with E-state index < -0.39 is 76.4 Å². The van der Waals surface area contributed by atoms with E-state index in [0.29, 0.717) is 19.6 Å². The molecule has 1 spiro atoms. The minimum Gasteiger partial charge on any atom is -0.392 e. The van der Waals surface area contributed by atoms with Crippen LogP contribution in [-0.2, 0) is 18.9 Å². The average molecular weight is 486 g/mol.